The Bertz CT molecular complexity index is 236. The molecule has 1 aliphatic heterocycles. The molecule has 0 saturated carbocycles. The van der Waals surface area contributed by atoms with Crippen LogP contribution < -0.4 is 0 Å². The highest BCUT2D eigenvalue weighted by atomic mass is 16.1. The number of nitrogens with zero attached hydrogens (tertiary/aromatic N) is 1. The lowest BCUT2D eigenvalue weighted by molar-refractivity contribution is -0.125. The molecule has 0 aromatic carbocycles. The Balaban J connectivity index is 2.28. The molecular weight excluding hydrogens is 162 g/mol. The maximum Gasteiger partial charge on any atom is 0.138 e. The molecule has 1 unspecified atom stereocenters. The minimum atomic E-state index is 0.225. The summed E-state index contributed by atoms with van der Waals surface area (Å²) in [5.74, 6) is 6.57. The number of hydrogen-bond acceptors (Lipinski definition) is 2. The molecule has 0 aromatic heterocycles. The van der Waals surface area contributed by atoms with E-state index in [1.807, 2.05) is 13.8 Å². The van der Waals surface area contributed by atoms with Crippen LogP contribution in [-0.4, -0.2) is 30.3 Å². The van der Waals surface area contributed by atoms with Gasteiger partial charge in [0.25, 0.3) is 0 Å². The van der Waals surface area contributed by atoms with Crippen LogP contribution in [0.1, 0.15) is 26.7 Å². The highest BCUT2D eigenvalue weighted by Crippen LogP contribution is 2.11. The van der Waals surface area contributed by atoms with Crippen LogP contribution >= 0.6 is 0 Å². The quantitative estimate of drug-likeness (QED) is 0.596. The molecule has 13 heavy (non-hydrogen) atoms. The summed E-state index contributed by atoms with van der Waals surface area (Å²) in [5.41, 5.74) is 0. The van der Waals surface area contributed by atoms with E-state index in [-0.39, 0.29) is 5.92 Å². The molecule has 0 spiro atoms. The Morgan fingerprint density at radius 1 is 1.62 bits per heavy atom. The van der Waals surface area contributed by atoms with E-state index in [0.717, 1.165) is 32.5 Å². The zero-order chi connectivity index (χ0) is 9.68. The van der Waals surface area contributed by atoms with Gasteiger partial charge in [0.05, 0.1) is 0 Å². The third kappa shape index (κ3) is 3.20. The summed E-state index contributed by atoms with van der Waals surface area (Å²) in [7, 11) is 0. The van der Waals surface area contributed by atoms with E-state index in [2.05, 4.69) is 16.7 Å². The topological polar surface area (TPSA) is 20.3 Å². The van der Waals surface area contributed by atoms with Crippen LogP contribution in [0.4, 0.5) is 0 Å². The van der Waals surface area contributed by atoms with Crippen LogP contribution in [0.5, 0.6) is 0 Å². The second-order valence-corrected chi connectivity index (χ2v) is 3.59. The third-order valence-corrected chi connectivity index (χ3v) is 2.49. The van der Waals surface area contributed by atoms with Gasteiger partial charge in [0.15, 0.2) is 0 Å². The van der Waals surface area contributed by atoms with Gasteiger partial charge < -0.3 is 4.90 Å². The van der Waals surface area contributed by atoms with Crippen molar-refractivity contribution in [3.8, 4) is 11.8 Å². The maximum atomic E-state index is 11.2. The van der Waals surface area contributed by atoms with Crippen molar-refractivity contribution in [2.45, 2.75) is 26.7 Å². The summed E-state index contributed by atoms with van der Waals surface area (Å²) >= 11 is 0. The second-order valence-electron chi connectivity index (χ2n) is 3.59. The summed E-state index contributed by atoms with van der Waals surface area (Å²) in [5, 5.41) is 0. The van der Waals surface area contributed by atoms with Crippen LogP contribution in [0, 0.1) is 17.8 Å². The van der Waals surface area contributed by atoms with Gasteiger partial charge in [-0.15, -0.1) is 11.8 Å². The molecule has 0 N–H and O–H groups in total. The first-order valence-electron chi connectivity index (χ1n) is 4.88. The van der Waals surface area contributed by atoms with Crippen molar-refractivity contribution >= 4 is 5.78 Å². The van der Waals surface area contributed by atoms with Crippen LogP contribution in [0.15, 0.2) is 0 Å². The Morgan fingerprint density at radius 3 is 3.00 bits per heavy atom. The Hall–Kier alpha value is -0.810. The SMILES string of the molecule is CC#CCCN1CCC(=O)C(C)C1. The van der Waals surface area contributed by atoms with Crippen LogP contribution in [-0.2, 0) is 4.79 Å². The Morgan fingerprint density at radius 2 is 2.38 bits per heavy atom. The summed E-state index contributed by atoms with van der Waals surface area (Å²) in [4.78, 5) is 13.5. The Labute approximate surface area is 80.3 Å². The van der Waals surface area contributed by atoms with Gasteiger partial charge in [0.2, 0.25) is 0 Å². The van der Waals surface area contributed by atoms with Gasteiger partial charge in [-0.25, -0.2) is 0 Å². The van der Waals surface area contributed by atoms with Crippen molar-refractivity contribution in [1.29, 1.82) is 0 Å². The molecule has 2 heteroatoms. The monoisotopic (exact) mass is 179 g/mol. The highest BCUT2D eigenvalue weighted by molar-refractivity contribution is 5.81. The zero-order valence-electron chi connectivity index (χ0n) is 8.47. The van der Waals surface area contributed by atoms with E-state index >= 15 is 0 Å². The molecule has 2 nitrogen and oxygen atoms in total. The average Bonchev–Trinajstić information content (AvgIpc) is 2.12. The fraction of sp³-hybridized carbons (Fsp3) is 0.727. The lowest BCUT2D eigenvalue weighted by Crippen LogP contribution is -2.39. The molecule has 0 bridgehead atoms. The number of Topliss-reactive ketones (excluding diaryl/α,β-unsaturated/α-hetero) is 1. The number of ketones is 1. The molecule has 0 amide bonds. The maximum absolute atomic E-state index is 11.2. The van der Waals surface area contributed by atoms with E-state index in [9.17, 15) is 4.79 Å². The molecule has 1 heterocycles. The summed E-state index contributed by atoms with van der Waals surface area (Å²) in [6, 6.07) is 0. The second kappa shape index (κ2) is 5.04. The number of likely N-dealkylation sites (tertiary alicyclic amines) is 1. The van der Waals surface area contributed by atoms with Crippen molar-refractivity contribution < 1.29 is 4.79 Å². The smallest absolute Gasteiger partial charge is 0.138 e. The molecular formula is C11H17NO. The largest absolute Gasteiger partial charge is 0.301 e. The van der Waals surface area contributed by atoms with E-state index in [1.165, 1.54) is 0 Å². The van der Waals surface area contributed by atoms with E-state index in [1.54, 1.807) is 0 Å². The summed E-state index contributed by atoms with van der Waals surface area (Å²) < 4.78 is 0. The van der Waals surface area contributed by atoms with Gasteiger partial charge in [0.1, 0.15) is 5.78 Å². The van der Waals surface area contributed by atoms with Gasteiger partial charge in [-0.3, -0.25) is 4.79 Å². The Kier molecular flexibility index (Phi) is 3.98. The van der Waals surface area contributed by atoms with E-state index in [0.29, 0.717) is 5.78 Å². The van der Waals surface area contributed by atoms with Crippen LogP contribution in [0.3, 0.4) is 0 Å². The number of hydrogen-bond donors (Lipinski definition) is 0. The first-order valence-corrected chi connectivity index (χ1v) is 4.88. The molecule has 1 saturated heterocycles. The molecule has 72 valence electrons. The number of piperidine rings is 1. The molecule has 1 atom stereocenters. The van der Waals surface area contributed by atoms with Gasteiger partial charge >= 0.3 is 0 Å². The lowest BCUT2D eigenvalue weighted by Gasteiger charge is -2.29. The van der Waals surface area contributed by atoms with Gasteiger partial charge in [-0.1, -0.05) is 6.92 Å². The normalized spacial score (nSPS) is 23.8. The van der Waals surface area contributed by atoms with Crippen molar-refractivity contribution in [2.24, 2.45) is 5.92 Å². The van der Waals surface area contributed by atoms with Crippen LogP contribution in [0.25, 0.3) is 0 Å². The lowest BCUT2D eigenvalue weighted by atomic mass is 9.98. The van der Waals surface area contributed by atoms with Gasteiger partial charge in [0, 0.05) is 38.4 Å². The molecule has 0 radical (unpaired) electrons. The van der Waals surface area contributed by atoms with Crippen molar-refractivity contribution in [2.75, 3.05) is 19.6 Å². The predicted molar refractivity (Wildman–Crippen MR) is 53.3 cm³/mol. The molecule has 0 aliphatic carbocycles. The number of rotatable bonds is 2. The summed E-state index contributed by atoms with van der Waals surface area (Å²) in [6.45, 7) is 6.74. The molecule has 1 fully saturated rings. The molecule has 1 aliphatic rings. The first-order chi connectivity index (χ1) is 6.24. The molecule has 1 rings (SSSR count). The summed E-state index contributed by atoms with van der Waals surface area (Å²) in [6.07, 6.45) is 1.65. The fourth-order valence-electron chi connectivity index (χ4n) is 1.64. The van der Waals surface area contributed by atoms with E-state index < -0.39 is 0 Å². The highest BCUT2D eigenvalue weighted by Gasteiger charge is 2.22. The van der Waals surface area contributed by atoms with E-state index in [4.69, 9.17) is 0 Å². The number of carbonyl (C=O) groups is 1. The first kappa shape index (κ1) is 10.3. The zero-order valence-corrected chi connectivity index (χ0v) is 8.47. The predicted octanol–water partition coefficient (Wildman–Crippen LogP) is 1.31. The average molecular weight is 179 g/mol. The minimum Gasteiger partial charge on any atom is -0.301 e. The fourth-order valence-corrected chi connectivity index (χ4v) is 1.64. The van der Waals surface area contributed by atoms with Gasteiger partial charge in [-0.05, 0) is 6.92 Å². The third-order valence-electron chi connectivity index (χ3n) is 2.49. The van der Waals surface area contributed by atoms with Crippen LogP contribution in [0.2, 0.25) is 0 Å². The molecule has 0 aromatic rings. The standard InChI is InChI=1S/C11H17NO/c1-3-4-5-7-12-8-6-11(13)10(2)9-12/h10H,5-9H2,1-2H3. The van der Waals surface area contributed by atoms with Crippen molar-refractivity contribution in [1.82, 2.24) is 4.90 Å². The number of carbonyl (C=O) groups excluding carboxylic acids is 1. The minimum absolute atomic E-state index is 0.225. The van der Waals surface area contributed by atoms with Crippen molar-refractivity contribution in [3.63, 3.8) is 0 Å². The van der Waals surface area contributed by atoms with Gasteiger partial charge in [-0.2, -0.15) is 0 Å². The van der Waals surface area contributed by atoms with Crippen molar-refractivity contribution in [3.05, 3.63) is 0 Å².